The predicted octanol–water partition coefficient (Wildman–Crippen LogP) is 4.52. The molecular weight excluding hydrogens is 388 g/mol. The summed E-state index contributed by atoms with van der Waals surface area (Å²) in [5, 5.41) is 4.74. The number of thioether (sulfide) groups is 1. The van der Waals surface area contributed by atoms with E-state index in [9.17, 15) is 0 Å². The molecule has 2 aromatic heterocycles. The van der Waals surface area contributed by atoms with Crippen molar-refractivity contribution in [3.63, 3.8) is 0 Å². The summed E-state index contributed by atoms with van der Waals surface area (Å²) in [6.45, 7) is 2.19. The largest absolute Gasteiger partial charge is 0.454 e. The van der Waals surface area contributed by atoms with Crippen molar-refractivity contribution in [2.75, 3.05) is 6.79 Å². The van der Waals surface area contributed by atoms with Crippen LogP contribution >= 0.6 is 11.8 Å². The Bertz CT molecular complexity index is 1160. The minimum Gasteiger partial charge on any atom is -0.454 e. The maximum Gasteiger partial charge on any atom is 0.237 e. The van der Waals surface area contributed by atoms with Crippen molar-refractivity contribution in [3.05, 3.63) is 66.2 Å². The Morgan fingerprint density at radius 2 is 1.76 bits per heavy atom. The van der Waals surface area contributed by atoms with Gasteiger partial charge in [0.05, 0.1) is 11.4 Å². The Kier molecular flexibility index (Phi) is 4.61. The van der Waals surface area contributed by atoms with Gasteiger partial charge in [0.2, 0.25) is 18.5 Å². The van der Waals surface area contributed by atoms with Crippen LogP contribution in [0.15, 0.2) is 64.3 Å². The van der Waals surface area contributed by atoms with Crippen LogP contribution in [0.5, 0.6) is 11.5 Å². The second-order valence-corrected chi connectivity index (χ2v) is 7.35. The van der Waals surface area contributed by atoms with Crippen LogP contribution in [0.25, 0.3) is 22.6 Å². The molecule has 5 rings (SSSR count). The molecule has 0 unspecified atom stereocenters. The van der Waals surface area contributed by atoms with E-state index in [0.717, 1.165) is 28.3 Å². The van der Waals surface area contributed by atoms with E-state index in [4.69, 9.17) is 14.0 Å². The van der Waals surface area contributed by atoms with Gasteiger partial charge < -0.3 is 14.0 Å². The number of hydrogen-bond acceptors (Lipinski definition) is 8. The highest BCUT2D eigenvalue weighted by molar-refractivity contribution is 7.98. The topological polar surface area (TPSA) is 83.2 Å². The van der Waals surface area contributed by atoms with Crippen molar-refractivity contribution in [2.45, 2.75) is 17.8 Å². The van der Waals surface area contributed by atoms with E-state index in [-0.39, 0.29) is 6.79 Å². The third-order valence-corrected chi connectivity index (χ3v) is 5.16. The highest BCUT2D eigenvalue weighted by Crippen LogP contribution is 2.35. The Hall–Kier alpha value is -3.39. The molecule has 1 aliphatic heterocycles. The molecule has 0 radical (unpaired) electrons. The zero-order valence-electron chi connectivity index (χ0n) is 15.5. The zero-order valence-corrected chi connectivity index (χ0v) is 16.3. The first kappa shape index (κ1) is 17.7. The van der Waals surface area contributed by atoms with Crippen molar-refractivity contribution in [2.24, 2.45) is 0 Å². The van der Waals surface area contributed by atoms with E-state index in [1.54, 1.807) is 0 Å². The predicted molar refractivity (Wildman–Crippen MR) is 108 cm³/mol. The molecule has 0 saturated carbocycles. The molecule has 29 heavy (non-hydrogen) atoms. The number of ether oxygens (including phenoxy) is 2. The summed E-state index contributed by atoms with van der Waals surface area (Å²) in [7, 11) is 0. The number of fused-ring (bicyclic) bond motifs is 1. The van der Waals surface area contributed by atoms with Crippen LogP contribution in [0.4, 0.5) is 0 Å². The first-order valence-corrected chi connectivity index (χ1v) is 10.00. The summed E-state index contributed by atoms with van der Waals surface area (Å²) in [5.41, 5.74) is 3.68. The van der Waals surface area contributed by atoms with Crippen LogP contribution < -0.4 is 9.47 Å². The number of nitrogens with zero attached hydrogens (tertiary/aromatic N) is 4. The minimum absolute atomic E-state index is 0.231. The summed E-state index contributed by atoms with van der Waals surface area (Å²) in [4.78, 5) is 13.6. The molecular formula is C21H16N4O3S. The summed E-state index contributed by atoms with van der Waals surface area (Å²) < 4.78 is 16.1. The Morgan fingerprint density at radius 3 is 2.66 bits per heavy atom. The van der Waals surface area contributed by atoms with E-state index in [2.05, 4.69) is 20.1 Å². The normalized spacial score (nSPS) is 12.3. The van der Waals surface area contributed by atoms with Gasteiger partial charge in [0.15, 0.2) is 16.7 Å². The molecule has 1 aliphatic rings. The maximum atomic E-state index is 5.40. The van der Waals surface area contributed by atoms with Gasteiger partial charge in [-0.3, -0.25) is 0 Å². The molecule has 144 valence electrons. The lowest BCUT2D eigenvalue weighted by Gasteiger charge is -2.05. The lowest BCUT2D eigenvalue weighted by atomic mass is 10.1. The van der Waals surface area contributed by atoms with Crippen molar-refractivity contribution < 1.29 is 14.0 Å². The lowest BCUT2D eigenvalue weighted by molar-refractivity contribution is 0.174. The van der Waals surface area contributed by atoms with Gasteiger partial charge >= 0.3 is 0 Å². The van der Waals surface area contributed by atoms with Crippen LogP contribution in [-0.2, 0) is 5.75 Å². The van der Waals surface area contributed by atoms with Gasteiger partial charge in [0.25, 0.3) is 0 Å². The summed E-state index contributed by atoms with van der Waals surface area (Å²) in [6, 6.07) is 17.6. The smallest absolute Gasteiger partial charge is 0.237 e. The highest BCUT2D eigenvalue weighted by atomic mass is 32.2. The Labute approximate surface area is 171 Å². The van der Waals surface area contributed by atoms with Crippen molar-refractivity contribution in [1.82, 2.24) is 20.1 Å². The Balaban J connectivity index is 1.32. The van der Waals surface area contributed by atoms with Crippen LogP contribution in [0, 0.1) is 6.92 Å². The van der Waals surface area contributed by atoms with E-state index < -0.39 is 0 Å². The van der Waals surface area contributed by atoms with E-state index in [1.807, 2.05) is 61.5 Å². The second-order valence-electron chi connectivity index (χ2n) is 6.41. The fraction of sp³-hybridized carbons (Fsp3) is 0.143. The number of hydrogen-bond donors (Lipinski definition) is 0. The molecule has 0 spiro atoms. The van der Waals surface area contributed by atoms with Crippen LogP contribution in [0.1, 0.15) is 11.6 Å². The van der Waals surface area contributed by atoms with Gasteiger partial charge in [0.1, 0.15) is 0 Å². The van der Waals surface area contributed by atoms with E-state index in [0.29, 0.717) is 28.4 Å². The molecule has 7 nitrogen and oxygen atoms in total. The van der Waals surface area contributed by atoms with Crippen LogP contribution in [-0.4, -0.2) is 26.9 Å². The molecule has 0 aliphatic carbocycles. The minimum atomic E-state index is 0.231. The third kappa shape index (κ3) is 3.79. The number of aryl methyl sites for hydroxylation is 1. The van der Waals surface area contributed by atoms with Crippen molar-refractivity contribution >= 4 is 11.8 Å². The fourth-order valence-corrected chi connectivity index (χ4v) is 3.70. The summed E-state index contributed by atoms with van der Waals surface area (Å²) in [5.74, 6) is 2.90. The first-order valence-electron chi connectivity index (χ1n) is 9.01. The monoisotopic (exact) mass is 404 g/mol. The Morgan fingerprint density at radius 1 is 0.897 bits per heavy atom. The number of rotatable bonds is 5. The summed E-state index contributed by atoms with van der Waals surface area (Å²) >= 11 is 1.46. The van der Waals surface area contributed by atoms with E-state index >= 15 is 0 Å². The number of aromatic nitrogens is 4. The fourth-order valence-electron chi connectivity index (χ4n) is 2.96. The lowest BCUT2D eigenvalue weighted by Crippen LogP contribution is -1.94. The standard InChI is InChI=1S/C21H16N4O3S/c1-13-9-16(14-5-3-2-4-6-14)23-21(22-13)29-11-19-24-20(25-28-19)15-7-8-17-18(10-15)27-12-26-17/h2-10H,11-12H2,1H3. The molecule has 0 fully saturated rings. The quantitative estimate of drug-likeness (QED) is 0.355. The number of benzene rings is 2. The average Bonchev–Trinajstić information content (AvgIpc) is 3.41. The maximum absolute atomic E-state index is 5.40. The van der Waals surface area contributed by atoms with Crippen LogP contribution in [0.2, 0.25) is 0 Å². The molecule has 2 aromatic carbocycles. The SMILES string of the molecule is Cc1cc(-c2ccccc2)nc(SCc2nc(-c3ccc4c(c3)OCO4)no2)n1. The van der Waals surface area contributed by atoms with Gasteiger partial charge in [-0.25, -0.2) is 9.97 Å². The molecule has 0 saturated heterocycles. The van der Waals surface area contributed by atoms with Gasteiger partial charge in [0, 0.05) is 16.8 Å². The van der Waals surface area contributed by atoms with Crippen LogP contribution in [0.3, 0.4) is 0 Å². The van der Waals surface area contributed by atoms with Gasteiger partial charge in [-0.05, 0) is 31.2 Å². The zero-order chi connectivity index (χ0) is 19.6. The molecule has 3 heterocycles. The molecule has 0 atom stereocenters. The average molecular weight is 404 g/mol. The van der Waals surface area contributed by atoms with Gasteiger partial charge in [-0.15, -0.1) is 0 Å². The molecule has 0 bridgehead atoms. The van der Waals surface area contributed by atoms with Gasteiger partial charge in [-0.2, -0.15) is 4.98 Å². The first-order chi connectivity index (χ1) is 14.2. The third-order valence-electron chi connectivity index (χ3n) is 4.33. The summed E-state index contributed by atoms with van der Waals surface area (Å²) in [6.07, 6.45) is 0. The van der Waals surface area contributed by atoms with E-state index in [1.165, 1.54) is 11.8 Å². The molecule has 4 aromatic rings. The highest BCUT2D eigenvalue weighted by Gasteiger charge is 2.17. The molecule has 0 amide bonds. The molecule has 0 N–H and O–H groups in total. The van der Waals surface area contributed by atoms with Crippen molar-refractivity contribution in [1.29, 1.82) is 0 Å². The van der Waals surface area contributed by atoms with Gasteiger partial charge in [-0.1, -0.05) is 47.3 Å². The second kappa shape index (κ2) is 7.56. The van der Waals surface area contributed by atoms with Crippen molar-refractivity contribution in [3.8, 4) is 34.1 Å². The molecule has 8 heteroatoms.